The lowest BCUT2D eigenvalue weighted by molar-refractivity contribution is -0.152. The van der Waals surface area contributed by atoms with Crippen LogP contribution in [0.15, 0.2) is 54.6 Å². The second-order valence-electron chi connectivity index (χ2n) is 6.27. The molecule has 0 unspecified atom stereocenters. The van der Waals surface area contributed by atoms with E-state index >= 15 is 0 Å². The maximum absolute atomic E-state index is 12.4. The molecule has 1 atom stereocenters. The fourth-order valence-electron chi connectivity index (χ4n) is 2.54. The number of likely N-dealkylation sites (N-methyl/N-ethyl adjacent to an activating group) is 1. The molecule has 0 aliphatic carbocycles. The van der Waals surface area contributed by atoms with Gasteiger partial charge in [-0.2, -0.15) is 0 Å². The Hall–Kier alpha value is -2.93. The van der Waals surface area contributed by atoms with Gasteiger partial charge in [0.25, 0.3) is 5.91 Å². The fraction of sp³-hybridized carbons (Fsp3) is 0.286. The molecule has 1 aromatic heterocycles. The van der Waals surface area contributed by atoms with E-state index in [4.69, 9.17) is 9.47 Å². The molecule has 3 aromatic rings. The molecule has 2 aromatic carbocycles. The van der Waals surface area contributed by atoms with E-state index in [2.05, 4.69) is 4.98 Å². The summed E-state index contributed by atoms with van der Waals surface area (Å²) >= 11 is 1.56. The Kier molecular flexibility index (Phi) is 6.60. The summed E-state index contributed by atoms with van der Waals surface area (Å²) in [6.07, 6.45) is 0.0827. The van der Waals surface area contributed by atoms with Crippen molar-refractivity contribution >= 4 is 33.4 Å². The molecule has 0 aliphatic rings. The third-order valence-electron chi connectivity index (χ3n) is 4.32. The quantitative estimate of drug-likeness (QED) is 0.540. The van der Waals surface area contributed by atoms with Crippen LogP contribution in [0.1, 0.15) is 24.4 Å². The van der Waals surface area contributed by atoms with Gasteiger partial charge >= 0.3 is 5.97 Å². The van der Waals surface area contributed by atoms with E-state index in [-0.39, 0.29) is 31.6 Å². The van der Waals surface area contributed by atoms with Crippen molar-refractivity contribution in [3.63, 3.8) is 0 Å². The second-order valence-corrected chi connectivity index (χ2v) is 7.33. The number of aromatic nitrogens is 1. The predicted molar refractivity (Wildman–Crippen MR) is 108 cm³/mol. The Labute approximate surface area is 167 Å². The summed E-state index contributed by atoms with van der Waals surface area (Å²) in [6, 6.07) is 16.9. The van der Waals surface area contributed by atoms with Crippen molar-refractivity contribution in [1.29, 1.82) is 0 Å². The highest BCUT2D eigenvalue weighted by Gasteiger charge is 2.21. The number of rotatable bonds is 8. The Balaban J connectivity index is 1.44. The largest absolute Gasteiger partial charge is 0.493 e. The standard InChI is InChI=1S/C21H22N2O4S/c1-15(21-22-17-10-6-7-11-18(17)28-21)23(2)19(24)14-27-20(25)12-13-26-16-8-4-3-5-9-16/h3-11,15H,12-14H2,1-2H3/t15-/m0/s1. The third kappa shape index (κ3) is 5.07. The smallest absolute Gasteiger partial charge is 0.309 e. The van der Waals surface area contributed by atoms with Crippen molar-refractivity contribution in [2.45, 2.75) is 19.4 Å². The molecule has 0 aliphatic heterocycles. The number of para-hydroxylation sites is 2. The van der Waals surface area contributed by atoms with Gasteiger partial charge in [-0.1, -0.05) is 30.3 Å². The molecule has 6 nitrogen and oxygen atoms in total. The molecule has 0 spiro atoms. The van der Waals surface area contributed by atoms with Crippen LogP contribution in [-0.4, -0.2) is 42.0 Å². The number of thiazole rings is 1. The lowest BCUT2D eigenvalue weighted by atomic mass is 10.3. The molecule has 0 fully saturated rings. The van der Waals surface area contributed by atoms with Crippen molar-refractivity contribution in [1.82, 2.24) is 9.88 Å². The van der Waals surface area contributed by atoms with Crippen LogP contribution in [-0.2, 0) is 14.3 Å². The zero-order valence-electron chi connectivity index (χ0n) is 15.8. The third-order valence-corrected chi connectivity index (χ3v) is 5.52. The highest BCUT2D eigenvalue weighted by molar-refractivity contribution is 7.18. The maximum atomic E-state index is 12.4. The number of ether oxygens (including phenoxy) is 2. The monoisotopic (exact) mass is 398 g/mol. The van der Waals surface area contributed by atoms with Gasteiger partial charge in [0.1, 0.15) is 10.8 Å². The van der Waals surface area contributed by atoms with Gasteiger partial charge < -0.3 is 14.4 Å². The molecule has 28 heavy (non-hydrogen) atoms. The first-order chi connectivity index (χ1) is 13.5. The van der Waals surface area contributed by atoms with Crippen molar-refractivity contribution < 1.29 is 19.1 Å². The van der Waals surface area contributed by atoms with Gasteiger partial charge in [-0.05, 0) is 31.2 Å². The van der Waals surface area contributed by atoms with E-state index in [9.17, 15) is 9.59 Å². The van der Waals surface area contributed by atoms with Gasteiger partial charge in [0.15, 0.2) is 6.61 Å². The highest BCUT2D eigenvalue weighted by Crippen LogP contribution is 2.28. The van der Waals surface area contributed by atoms with Crippen molar-refractivity contribution in [3.8, 4) is 5.75 Å². The first kappa shape index (κ1) is 19.8. The predicted octanol–water partition coefficient (Wildman–Crippen LogP) is 3.83. The zero-order valence-corrected chi connectivity index (χ0v) is 16.6. The van der Waals surface area contributed by atoms with Gasteiger partial charge in [0.2, 0.25) is 0 Å². The summed E-state index contributed by atoms with van der Waals surface area (Å²) < 4.78 is 11.6. The fourth-order valence-corrected chi connectivity index (χ4v) is 3.60. The molecule has 1 amide bonds. The summed E-state index contributed by atoms with van der Waals surface area (Å²) in [7, 11) is 1.69. The highest BCUT2D eigenvalue weighted by atomic mass is 32.1. The second kappa shape index (κ2) is 9.32. The van der Waals surface area contributed by atoms with Crippen LogP contribution in [0, 0.1) is 0 Å². The van der Waals surface area contributed by atoms with Crippen LogP contribution in [0.2, 0.25) is 0 Å². The minimum atomic E-state index is -0.467. The number of esters is 1. The molecule has 7 heteroatoms. The number of hydrogen-bond donors (Lipinski definition) is 0. The van der Waals surface area contributed by atoms with E-state index in [0.717, 1.165) is 15.2 Å². The van der Waals surface area contributed by atoms with E-state index in [1.807, 2.05) is 61.5 Å². The average molecular weight is 398 g/mol. The molecular formula is C21H22N2O4S. The van der Waals surface area contributed by atoms with Gasteiger partial charge in [-0.15, -0.1) is 11.3 Å². The van der Waals surface area contributed by atoms with E-state index < -0.39 is 5.97 Å². The number of hydrogen-bond acceptors (Lipinski definition) is 6. The first-order valence-corrected chi connectivity index (χ1v) is 9.81. The van der Waals surface area contributed by atoms with E-state index in [1.165, 1.54) is 0 Å². The Bertz CT molecular complexity index is 909. The van der Waals surface area contributed by atoms with Crippen LogP contribution in [0.5, 0.6) is 5.75 Å². The maximum Gasteiger partial charge on any atom is 0.309 e. The van der Waals surface area contributed by atoms with Crippen LogP contribution < -0.4 is 4.74 Å². The van der Waals surface area contributed by atoms with Crippen molar-refractivity contribution in [2.75, 3.05) is 20.3 Å². The first-order valence-electron chi connectivity index (χ1n) is 8.99. The van der Waals surface area contributed by atoms with Crippen molar-refractivity contribution in [2.24, 2.45) is 0 Å². The van der Waals surface area contributed by atoms with Crippen LogP contribution in [0.3, 0.4) is 0 Å². The van der Waals surface area contributed by atoms with Gasteiger partial charge in [0.05, 0.1) is 29.3 Å². The summed E-state index contributed by atoms with van der Waals surface area (Å²) in [5, 5.41) is 0.847. The number of carbonyl (C=O) groups excluding carboxylic acids is 2. The normalized spacial score (nSPS) is 11.8. The topological polar surface area (TPSA) is 68.7 Å². The van der Waals surface area contributed by atoms with E-state index in [0.29, 0.717) is 5.75 Å². The Morgan fingerprint density at radius 3 is 2.57 bits per heavy atom. The van der Waals surface area contributed by atoms with Crippen LogP contribution in [0.25, 0.3) is 10.2 Å². The summed E-state index contributed by atoms with van der Waals surface area (Å²) in [5.74, 6) is -0.0508. The Morgan fingerprint density at radius 2 is 1.82 bits per heavy atom. The van der Waals surface area contributed by atoms with Gasteiger partial charge in [0, 0.05) is 7.05 Å². The lowest BCUT2D eigenvalue weighted by Crippen LogP contribution is -2.33. The molecule has 0 saturated carbocycles. The SMILES string of the molecule is C[C@@H](c1nc2ccccc2s1)N(C)C(=O)COC(=O)CCOc1ccccc1. The minimum Gasteiger partial charge on any atom is -0.493 e. The number of fused-ring (bicyclic) bond motifs is 1. The summed E-state index contributed by atoms with van der Waals surface area (Å²) in [4.78, 5) is 30.3. The molecule has 0 bridgehead atoms. The minimum absolute atomic E-state index is 0.0827. The summed E-state index contributed by atoms with van der Waals surface area (Å²) in [5.41, 5.74) is 0.917. The van der Waals surface area contributed by atoms with Gasteiger partial charge in [-0.25, -0.2) is 4.98 Å². The average Bonchev–Trinajstić information content (AvgIpc) is 3.16. The molecule has 0 N–H and O–H groups in total. The van der Waals surface area contributed by atoms with Gasteiger partial charge in [-0.3, -0.25) is 9.59 Å². The zero-order chi connectivity index (χ0) is 19.9. The Morgan fingerprint density at radius 1 is 1.11 bits per heavy atom. The van der Waals surface area contributed by atoms with Crippen LogP contribution >= 0.6 is 11.3 Å². The molecular weight excluding hydrogens is 376 g/mol. The summed E-state index contributed by atoms with van der Waals surface area (Å²) in [6.45, 7) is 1.82. The molecule has 146 valence electrons. The molecule has 0 radical (unpaired) electrons. The molecule has 0 saturated heterocycles. The number of carbonyl (C=O) groups is 2. The van der Waals surface area contributed by atoms with E-state index in [1.54, 1.807) is 23.3 Å². The number of benzene rings is 2. The van der Waals surface area contributed by atoms with Crippen LogP contribution in [0.4, 0.5) is 0 Å². The van der Waals surface area contributed by atoms with Crippen molar-refractivity contribution in [3.05, 3.63) is 59.6 Å². The lowest BCUT2D eigenvalue weighted by Gasteiger charge is -2.23. The number of nitrogens with zero attached hydrogens (tertiary/aromatic N) is 2. The molecule has 3 rings (SSSR count). The molecule has 1 heterocycles. The number of amides is 1.